The van der Waals surface area contributed by atoms with Gasteiger partial charge in [-0.2, -0.15) is 4.98 Å². The molecule has 142 valence electrons. The van der Waals surface area contributed by atoms with Crippen LogP contribution in [0.3, 0.4) is 0 Å². The van der Waals surface area contributed by atoms with E-state index in [1.54, 1.807) is 0 Å². The molecule has 0 aliphatic carbocycles. The fourth-order valence-corrected chi connectivity index (χ4v) is 3.75. The van der Waals surface area contributed by atoms with Gasteiger partial charge in [0.15, 0.2) is 11.5 Å². The number of hydrogen-bond acceptors (Lipinski definition) is 6. The summed E-state index contributed by atoms with van der Waals surface area (Å²) in [6.45, 7) is 4.08. The molecule has 0 unspecified atom stereocenters. The number of hydrogen-bond donors (Lipinski definition) is 1. The van der Waals surface area contributed by atoms with E-state index in [0.29, 0.717) is 13.2 Å². The lowest BCUT2D eigenvalue weighted by Gasteiger charge is -2.29. The second-order valence-electron chi connectivity index (χ2n) is 7.06. The van der Waals surface area contributed by atoms with Gasteiger partial charge in [-0.1, -0.05) is 18.2 Å². The van der Waals surface area contributed by atoms with Crippen LogP contribution in [0, 0.1) is 6.92 Å². The molecule has 6 heteroatoms. The van der Waals surface area contributed by atoms with Crippen molar-refractivity contribution in [2.24, 2.45) is 0 Å². The van der Waals surface area contributed by atoms with Gasteiger partial charge in [-0.3, -0.25) is 0 Å². The zero-order valence-electron chi connectivity index (χ0n) is 15.8. The van der Waals surface area contributed by atoms with Gasteiger partial charge < -0.3 is 19.7 Å². The van der Waals surface area contributed by atoms with E-state index < -0.39 is 0 Å². The fraction of sp³-hybridized carbons (Fsp3) is 0.273. The van der Waals surface area contributed by atoms with Crippen molar-refractivity contribution in [2.75, 3.05) is 30.0 Å². The van der Waals surface area contributed by atoms with Gasteiger partial charge in [0.1, 0.15) is 19.0 Å². The molecule has 1 aromatic heterocycles. The Morgan fingerprint density at radius 3 is 2.75 bits per heavy atom. The summed E-state index contributed by atoms with van der Waals surface area (Å²) in [5.41, 5.74) is 4.38. The fourth-order valence-electron chi connectivity index (χ4n) is 3.75. The number of nitrogens with one attached hydrogen (secondary N) is 1. The number of anilines is 4. The minimum Gasteiger partial charge on any atom is -0.486 e. The molecule has 0 spiro atoms. The molecule has 5 rings (SSSR count). The highest BCUT2D eigenvalue weighted by molar-refractivity contribution is 5.66. The highest BCUT2D eigenvalue weighted by Crippen LogP contribution is 2.35. The van der Waals surface area contributed by atoms with Crippen molar-refractivity contribution in [3.63, 3.8) is 0 Å². The highest BCUT2D eigenvalue weighted by atomic mass is 16.6. The third-order valence-corrected chi connectivity index (χ3v) is 5.01. The first-order chi connectivity index (χ1) is 13.8. The van der Waals surface area contributed by atoms with Crippen molar-refractivity contribution >= 4 is 23.1 Å². The molecule has 28 heavy (non-hydrogen) atoms. The number of ether oxygens (including phenoxy) is 2. The van der Waals surface area contributed by atoms with Gasteiger partial charge in [0.2, 0.25) is 5.95 Å². The average Bonchev–Trinajstić information content (AvgIpc) is 2.73. The van der Waals surface area contributed by atoms with Crippen LogP contribution in [0.15, 0.2) is 48.5 Å². The number of aromatic nitrogens is 2. The quantitative estimate of drug-likeness (QED) is 0.734. The van der Waals surface area contributed by atoms with E-state index >= 15 is 0 Å². The maximum Gasteiger partial charge on any atom is 0.232 e. The molecule has 3 heterocycles. The van der Waals surface area contributed by atoms with Gasteiger partial charge in [0.25, 0.3) is 0 Å². The lowest BCUT2D eigenvalue weighted by Crippen LogP contribution is -2.26. The standard InChI is InChI=1S/C22H22N4O2/c1-15-13-21(24-17-8-9-19-20(14-17)28-12-11-27-19)25-22(23-15)26-10-4-6-16-5-2-3-7-18(16)26/h2-3,5,7-9,13-14H,4,6,10-12H2,1H3,(H,23,24,25). The Balaban J connectivity index is 1.46. The molecular formula is C22H22N4O2. The molecule has 2 aliphatic heterocycles. The third-order valence-electron chi connectivity index (χ3n) is 5.01. The predicted molar refractivity (Wildman–Crippen MR) is 109 cm³/mol. The van der Waals surface area contributed by atoms with Gasteiger partial charge in [0, 0.05) is 35.7 Å². The summed E-state index contributed by atoms with van der Waals surface area (Å²) < 4.78 is 11.3. The Labute approximate surface area is 164 Å². The molecule has 0 saturated heterocycles. The van der Waals surface area contributed by atoms with Gasteiger partial charge >= 0.3 is 0 Å². The molecular weight excluding hydrogens is 352 g/mol. The molecule has 2 aliphatic rings. The van der Waals surface area contributed by atoms with E-state index in [-0.39, 0.29) is 0 Å². The SMILES string of the molecule is Cc1cc(Nc2ccc3c(c2)OCCO3)nc(N2CCCc3ccccc32)n1. The Morgan fingerprint density at radius 2 is 1.82 bits per heavy atom. The minimum absolute atomic E-state index is 0.571. The van der Waals surface area contributed by atoms with E-state index in [4.69, 9.17) is 19.4 Å². The van der Waals surface area contributed by atoms with Crippen molar-refractivity contribution in [2.45, 2.75) is 19.8 Å². The topological polar surface area (TPSA) is 59.5 Å². The first-order valence-corrected chi connectivity index (χ1v) is 9.64. The Kier molecular flexibility index (Phi) is 4.24. The maximum absolute atomic E-state index is 5.68. The Hall–Kier alpha value is -3.28. The first-order valence-electron chi connectivity index (χ1n) is 9.64. The number of fused-ring (bicyclic) bond motifs is 2. The van der Waals surface area contributed by atoms with E-state index in [2.05, 4.69) is 34.5 Å². The van der Waals surface area contributed by atoms with Crippen molar-refractivity contribution in [1.29, 1.82) is 0 Å². The summed E-state index contributed by atoms with van der Waals surface area (Å²) in [5.74, 6) is 3.03. The van der Waals surface area contributed by atoms with Crippen LogP contribution in [0.2, 0.25) is 0 Å². The summed E-state index contributed by atoms with van der Waals surface area (Å²) in [7, 11) is 0. The second-order valence-corrected chi connectivity index (χ2v) is 7.06. The predicted octanol–water partition coefficient (Wildman–Crippen LogP) is 4.38. The van der Waals surface area contributed by atoms with Crippen molar-refractivity contribution in [1.82, 2.24) is 9.97 Å². The van der Waals surface area contributed by atoms with Gasteiger partial charge in [0.05, 0.1) is 0 Å². The molecule has 0 radical (unpaired) electrons. The van der Waals surface area contributed by atoms with Crippen LogP contribution in [0.4, 0.5) is 23.1 Å². The Bertz CT molecular complexity index is 1020. The summed E-state index contributed by atoms with van der Waals surface area (Å²) >= 11 is 0. The molecule has 0 saturated carbocycles. The number of rotatable bonds is 3. The van der Waals surface area contributed by atoms with E-state index in [9.17, 15) is 0 Å². The van der Waals surface area contributed by atoms with Gasteiger partial charge in [-0.05, 0) is 43.5 Å². The number of benzene rings is 2. The van der Waals surface area contributed by atoms with Crippen LogP contribution in [-0.2, 0) is 6.42 Å². The second kappa shape index (κ2) is 7.03. The van der Waals surface area contributed by atoms with E-state index in [1.807, 2.05) is 31.2 Å². The minimum atomic E-state index is 0.571. The zero-order valence-corrected chi connectivity index (χ0v) is 15.8. The van der Waals surface area contributed by atoms with Gasteiger partial charge in [-0.25, -0.2) is 4.98 Å². The molecule has 0 fully saturated rings. The Morgan fingerprint density at radius 1 is 0.964 bits per heavy atom. The summed E-state index contributed by atoms with van der Waals surface area (Å²) in [6.07, 6.45) is 2.19. The van der Waals surface area contributed by atoms with Crippen molar-refractivity contribution in [3.8, 4) is 11.5 Å². The molecule has 1 N–H and O–H groups in total. The van der Waals surface area contributed by atoms with Crippen LogP contribution >= 0.6 is 0 Å². The third kappa shape index (κ3) is 3.22. The zero-order chi connectivity index (χ0) is 18.9. The van der Waals surface area contributed by atoms with E-state index in [1.165, 1.54) is 11.3 Å². The summed E-state index contributed by atoms with van der Waals surface area (Å²) in [5, 5.41) is 3.38. The normalized spacial score (nSPS) is 15.1. The van der Waals surface area contributed by atoms with Crippen LogP contribution in [-0.4, -0.2) is 29.7 Å². The molecule has 3 aromatic rings. The largest absolute Gasteiger partial charge is 0.486 e. The lowest BCUT2D eigenvalue weighted by atomic mass is 10.0. The van der Waals surface area contributed by atoms with Crippen molar-refractivity contribution in [3.05, 3.63) is 59.8 Å². The van der Waals surface area contributed by atoms with Crippen LogP contribution < -0.4 is 19.7 Å². The van der Waals surface area contributed by atoms with Crippen LogP contribution in [0.25, 0.3) is 0 Å². The number of nitrogens with zero attached hydrogens (tertiary/aromatic N) is 3. The average molecular weight is 374 g/mol. The van der Waals surface area contributed by atoms with Crippen LogP contribution in [0.1, 0.15) is 17.7 Å². The monoisotopic (exact) mass is 374 g/mol. The first kappa shape index (κ1) is 16.9. The molecule has 0 atom stereocenters. The molecule has 0 amide bonds. The van der Waals surface area contributed by atoms with Gasteiger partial charge in [-0.15, -0.1) is 0 Å². The highest BCUT2D eigenvalue weighted by Gasteiger charge is 2.20. The van der Waals surface area contributed by atoms with Crippen molar-refractivity contribution < 1.29 is 9.47 Å². The number of aryl methyl sites for hydroxylation is 2. The smallest absolute Gasteiger partial charge is 0.232 e. The summed E-state index contributed by atoms with van der Waals surface area (Å²) in [4.78, 5) is 11.7. The maximum atomic E-state index is 5.68. The lowest BCUT2D eigenvalue weighted by molar-refractivity contribution is 0.171. The van der Waals surface area contributed by atoms with Crippen LogP contribution in [0.5, 0.6) is 11.5 Å². The number of para-hydroxylation sites is 1. The molecule has 0 bridgehead atoms. The molecule has 2 aromatic carbocycles. The molecule has 6 nitrogen and oxygen atoms in total. The van der Waals surface area contributed by atoms with E-state index in [0.717, 1.165) is 54.0 Å². The summed E-state index contributed by atoms with van der Waals surface area (Å²) in [6, 6.07) is 16.3.